The lowest BCUT2D eigenvalue weighted by Gasteiger charge is -2.26. The van der Waals surface area contributed by atoms with Crippen LogP contribution in [0.25, 0.3) is 0 Å². The summed E-state index contributed by atoms with van der Waals surface area (Å²) in [5.41, 5.74) is 1.75. The van der Waals surface area contributed by atoms with Crippen LogP contribution in [0.2, 0.25) is 5.02 Å². The molecular weight excluding hydrogens is 194 g/mol. The highest BCUT2D eigenvalue weighted by molar-refractivity contribution is 6.30. The summed E-state index contributed by atoms with van der Waals surface area (Å²) in [5.74, 6) is 0.611. The third-order valence-electron chi connectivity index (χ3n) is 3.14. The second kappa shape index (κ2) is 3.56. The summed E-state index contributed by atoms with van der Waals surface area (Å²) in [6.45, 7) is 6.80. The van der Waals surface area contributed by atoms with Crippen LogP contribution in [0.3, 0.4) is 0 Å². The minimum atomic E-state index is 0.355. The van der Waals surface area contributed by atoms with E-state index in [0.717, 1.165) is 18.1 Å². The van der Waals surface area contributed by atoms with Crippen molar-refractivity contribution >= 4 is 11.6 Å². The molecule has 14 heavy (non-hydrogen) atoms. The summed E-state index contributed by atoms with van der Waals surface area (Å²) in [4.78, 5) is 0. The number of benzene rings is 1. The van der Waals surface area contributed by atoms with Gasteiger partial charge < -0.3 is 5.32 Å². The quantitative estimate of drug-likeness (QED) is 0.750. The molecule has 0 spiro atoms. The van der Waals surface area contributed by atoms with Gasteiger partial charge in [-0.25, -0.2) is 0 Å². The molecule has 0 amide bonds. The highest BCUT2D eigenvalue weighted by atomic mass is 35.5. The van der Waals surface area contributed by atoms with Crippen molar-refractivity contribution in [1.82, 2.24) is 5.32 Å². The van der Waals surface area contributed by atoms with Gasteiger partial charge in [-0.2, -0.15) is 0 Å². The van der Waals surface area contributed by atoms with Crippen molar-refractivity contribution in [2.45, 2.75) is 19.8 Å². The first kappa shape index (κ1) is 10.0. The van der Waals surface area contributed by atoms with E-state index in [1.165, 1.54) is 5.56 Å². The average molecular weight is 210 g/mol. The Morgan fingerprint density at radius 2 is 1.93 bits per heavy atom. The van der Waals surface area contributed by atoms with Crippen molar-refractivity contribution in [1.29, 1.82) is 0 Å². The Kier molecular flexibility index (Phi) is 2.54. The second-order valence-electron chi connectivity index (χ2n) is 4.72. The first-order valence-electron chi connectivity index (χ1n) is 5.06. The number of rotatable bonds is 1. The molecule has 1 aliphatic rings. The van der Waals surface area contributed by atoms with Crippen LogP contribution in [0, 0.1) is 5.41 Å². The molecule has 1 aromatic carbocycles. The SMILES string of the molecule is CC1(C)CNC[C@H]1c1ccc(Cl)cc1. The van der Waals surface area contributed by atoms with E-state index in [0.29, 0.717) is 11.3 Å². The Balaban J connectivity index is 2.27. The van der Waals surface area contributed by atoms with E-state index < -0.39 is 0 Å². The molecule has 2 rings (SSSR count). The minimum Gasteiger partial charge on any atom is -0.316 e. The van der Waals surface area contributed by atoms with E-state index in [9.17, 15) is 0 Å². The third-order valence-corrected chi connectivity index (χ3v) is 3.40. The highest BCUT2D eigenvalue weighted by Gasteiger charge is 2.35. The molecule has 0 bridgehead atoms. The van der Waals surface area contributed by atoms with Gasteiger partial charge in [-0.05, 0) is 23.1 Å². The van der Waals surface area contributed by atoms with Crippen LogP contribution in [0.1, 0.15) is 25.3 Å². The maximum absolute atomic E-state index is 5.87. The Morgan fingerprint density at radius 1 is 1.29 bits per heavy atom. The molecule has 1 aliphatic heterocycles. The molecule has 0 aromatic heterocycles. The molecule has 1 nitrogen and oxygen atoms in total. The molecule has 0 radical (unpaired) electrons. The Hall–Kier alpha value is -0.530. The minimum absolute atomic E-state index is 0.355. The van der Waals surface area contributed by atoms with Gasteiger partial charge in [-0.3, -0.25) is 0 Å². The van der Waals surface area contributed by atoms with Gasteiger partial charge >= 0.3 is 0 Å². The number of hydrogen-bond donors (Lipinski definition) is 1. The van der Waals surface area contributed by atoms with Gasteiger partial charge in [0.15, 0.2) is 0 Å². The molecule has 1 heterocycles. The van der Waals surface area contributed by atoms with Crippen molar-refractivity contribution in [2.24, 2.45) is 5.41 Å². The van der Waals surface area contributed by atoms with E-state index in [1.807, 2.05) is 12.1 Å². The molecule has 1 saturated heterocycles. The lowest BCUT2D eigenvalue weighted by molar-refractivity contribution is 0.363. The zero-order valence-corrected chi connectivity index (χ0v) is 9.43. The van der Waals surface area contributed by atoms with Crippen molar-refractivity contribution < 1.29 is 0 Å². The molecule has 2 heteroatoms. The molecule has 1 N–H and O–H groups in total. The molecule has 1 aromatic rings. The molecule has 0 aliphatic carbocycles. The predicted molar refractivity (Wildman–Crippen MR) is 60.8 cm³/mol. The van der Waals surface area contributed by atoms with E-state index in [4.69, 9.17) is 11.6 Å². The molecule has 1 atom stereocenters. The maximum Gasteiger partial charge on any atom is 0.0406 e. The Morgan fingerprint density at radius 3 is 2.43 bits per heavy atom. The lowest BCUT2D eigenvalue weighted by Crippen LogP contribution is -2.20. The Bertz CT molecular complexity index is 316. The highest BCUT2D eigenvalue weighted by Crippen LogP contribution is 2.38. The van der Waals surface area contributed by atoms with Gasteiger partial charge in [0.1, 0.15) is 0 Å². The topological polar surface area (TPSA) is 12.0 Å². The molecule has 0 unspecified atom stereocenters. The standard InChI is InChI=1S/C12H16ClN/c1-12(2)8-14-7-11(12)9-3-5-10(13)6-4-9/h3-6,11,14H,7-8H2,1-2H3/t11-/m0/s1. The van der Waals surface area contributed by atoms with Gasteiger partial charge in [0, 0.05) is 24.0 Å². The molecule has 1 fully saturated rings. The summed E-state index contributed by atoms with van der Waals surface area (Å²) < 4.78 is 0. The smallest absolute Gasteiger partial charge is 0.0406 e. The van der Waals surface area contributed by atoms with Crippen LogP contribution in [0.5, 0.6) is 0 Å². The fourth-order valence-electron chi connectivity index (χ4n) is 2.20. The summed E-state index contributed by atoms with van der Waals surface area (Å²) in [5, 5.41) is 4.26. The fraction of sp³-hybridized carbons (Fsp3) is 0.500. The zero-order chi connectivity index (χ0) is 10.2. The average Bonchev–Trinajstić information content (AvgIpc) is 2.47. The van der Waals surface area contributed by atoms with E-state index in [1.54, 1.807) is 0 Å². The second-order valence-corrected chi connectivity index (χ2v) is 5.16. The normalized spacial score (nSPS) is 25.2. The van der Waals surface area contributed by atoms with Gasteiger partial charge in [-0.15, -0.1) is 0 Å². The van der Waals surface area contributed by atoms with Crippen molar-refractivity contribution in [3.8, 4) is 0 Å². The van der Waals surface area contributed by atoms with Crippen LogP contribution in [-0.4, -0.2) is 13.1 Å². The van der Waals surface area contributed by atoms with E-state index in [2.05, 4.69) is 31.3 Å². The van der Waals surface area contributed by atoms with Gasteiger partial charge in [0.05, 0.1) is 0 Å². The summed E-state index contributed by atoms with van der Waals surface area (Å²) in [6, 6.07) is 8.24. The summed E-state index contributed by atoms with van der Waals surface area (Å²) >= 11 is 5.87. The van der Waals surface area contributed by atoms with Crippen LogP contribution in [0.15, 0.2) is 24.3 Å². The van der Waals surface area contributed by atoms with Gasteiger partial charge in [0.25, 0.3) is 0 Å². The maximum atomic E-state index is 5.87. The van der Waals surface area contributed by atoms with Crippen LogP contribution >= 0.6 is 11.6 Å². The zero-order valence-electron chi connectivity index (χ0n) is 8.68. The molecule has 0 saturated carbocycles. The van der Waals surface area contributed by atoms with Crippen LogP contribution in [0.4, 0.5) is 0 Å². The van der Waals surface area contributed by atoms with Gasteiger partial charge in [0.2, 0.25) is 0 Å². The summed E-state index contributed by atoms with van der Waals surface area (Å²) in [6.07, 6.45) is 0. The largest absolute Gasteiger partial charge is 0.316 e. The summed E-state index contributed by atoms with van der Waals surface area (Å²) in [7, 11) is 0. The van der Waals surface area contributed by atoms with Crippen LogP contribution < -0.4 is 5.32 Å². The Labute approximate surface area is 90.5 Å². The monoisotopic (exact) mass is 209 g/mol. The third kappa shape index (κ3) is 1.79. The number of halogens is 1. The first-order chi connectivity index (χ1) is 6.59. The van der Waals surface area contributed by atoms with E-state index >= 15 is 0 Å². The fourth-order valence-corrected chi connectivity index (χ4v) is 2.33. The van der Waals surface area contributed by atoms with Gasteiger partial charge in [-0.1, -0.05) is 37.6 Å². The number of nitrogens with one attached hydrogen (secondary N) is 1. The molecular formula is C12H16ClN. The van der Waals surface area contributed by atoms with Crippen molar-refractivity contribution in [2.75, 3.05) is 13.1 Å². The van der Waals surface area contributed by atoms with E-state index in [-0.39, 0.29) is 0 Å². The first-order valence-corrected chi connectivity index (χ1v) is 5.43. The van der Waals surface area contributed by atoms with Crippen LogP contribution in [-0.2, 0) is 0 Å². The molecule has 76 valence electrons. The van der Waals surface area contributed by atoms with Crippen molar-refractivity contribution in [3.05, 3.63) is 34.9 Å². The number of hydrogen-bond acceptors (Lipinski definition) is 1. The lowest BCUT2D eigenvalue weighted by atomic mass is 9.78. The predicted octanol–water partition coefficient (Wildman–Crippen LogP) is 3.05. The van der Waals surface area contributed by atoms with Crippen molar-refractivity contribution in [3.63, 3.8) is 0 Å².